The molecule has 8 heteroatoms. The maximum atomic E-state index is 12.6. The highest BCUT2D eigenvalue weighted by Crippen LogP contribution is 2.25. The van der Waals surface area contributed by atoms with E-state index >= 15 is 0 Å². The van der Waals surface area contributed by atoms with Crippen molar-refractivity contribution in [2.24, 2.45) is 0 Å². The summed E-state index contributed by atoms with van der Waals surface area (Å²) in [5.41, 5.74) is 5.03. The number of anilines is 3. The van der Waals surface area contributed by atoms with E-state index in [1.165, 1.54) is 6.33 Å². The Labute approximate surface area is 222 Å². The van der Waals surface area contributed by atoms with Crippen molar-refractivity contribution in [3.05, 3.63) is 127 Å². The van der Waals surface area contributed by atoms with Crippen LogP contribution in [0.25, 0.3) is 11.3 Å². The fourth-order valence-corrected chi connectivity index (χ4v) is 4.81. The molecule has 190 valence electrons. The van der Waals surface area contributed by atoms with Gasteiger partial charge in [-0.2, -0.15) is 0 Å². The number of nitrogens with one attached hydrogen (secondary N) is 2. The van der Waals surface area contributed by atoms with Crippen molar-refractivity contribution in [3.63, 3.8) is 0 Å². The van der Waals surface area contributed by atoms with Gasteiger partial charge in [-0.25, -0.2) is 18.4 Å². The molecular weight excluding hydrogens is 496 g/mol. The fourth-order valence-electron chi connectivity index (χ4n) is 3.75. The van der Waals surface area contributed by atoms with Gasteiger partial charge in [0.25, 0.3) is 10.0 Å². The van der Waals surface area contributed by atoms with Gasteiger partial charge in [0.05, 0.1) is 10.6 Å². The van der Waals surface area contributed by atoms with Crippen LogP contribution in [0.4, 0.5) is 17.2 Å². The van der Waals surface area contributed by atoms with Crippen LogP contribution in [-0.2, 0) is 16.6 Å². The summed E-state index contributed by atoms with van der Waals surface area (Å²) in [7, 11) is -3.66. The average molecular weight is 523 g/mol. The topological polar surface area (TPSA) is 93.2 Å². The van der Waals surface area contributed by atoms with Gasteiger partial charge < -0.3 is 10.1 Å². The first-order valence-corrected chi connectivity index (χ1v) is 13.5. The molecule has 1 heterocycles. The highest BCUT2D eigenvalue weighted by molar-refractivity contribution is 7.92. The van der Waals surface area contributed by atoms with E-state index in [0.717, 1.165) is 33.8 Å². The summed E-state index contributed by atoms with van der Waals surface area (Å²) in [6, 6.07) is 33.3. The summed E-state index contributed by atoms with van der Waals surface area (Å²) in [5, 5.41) is 3.24. The molecule has 0 unspecified atom stereocenters. The molecule has 0 amide bonds. The van der Waals surface area contributed by atoms with Gasteiger partial charge in [-0.05, 0) is 73.2 Å². The number of aromatic nitrogens is 2. The van der Waals surface area contributed by atoms with E-state index in [-0.39, 0.29) is 4.90 Å². The molecule has 0 aliphatic carbocycles. The number of sulfonamides is 1. The molecule has 0 radical (unpaired) electrons. The standard InChI is InChI=1S/C30H26N4O3S/c1-22-7-17-28(18-8-22)38(35,36)34-26-13-11-25(12-14-26)33-30-19-29(31-21-32-30)24-9-15-27(16-10-24)37-20-23-5-3-2-4-6-23/h2-19,21,34H,20H2,1H3,(H,31,32,33). The van der Waals surface area contributed by atoms with Crippen LogP contribution in [0, 0.1) is 6.92 Å². The molecule has 4 aromatic carbocycles. The Hall–Kier alpha value is -4.69. The number of nitrogens with zero attached hydrogens (tertiary/aromatic N) is 2. The average Bonchev–Trinajstić information content (AvgIpc) is 2.94. The number of aryl methyl sites for hydroxylation is 1. The van der Waals surface area contributed by atoms with Gasteiger partial charge in [-0.15, -0.1) is 0 Å². The molecule has 0 saturated heterocycles. The second kappa shape index (κ2) is 11.1. The van der Waals surface area contributed by atoms with Crippen LogP contribution in [0.15, 0.2) is 120 Å². The van der Waals surface area contributed by atoms with Gasteiger partial charge in [0.2, 0.25) is 0 Å². The minimum atomic E-state index is -3.66. The van der Waals surface area contributed by atoms with Gasteiger partial charge >= 0.3 is 0 Å². The van der Waals surface area contributed by atoms with E-state index in [1.54, 1.807) is 48.5 Å². The van der Waals surface area contributed by atoms with Gasteiger partial charge in [-0.1, -0.05) is 48.0 Å². The molecule has 0 saturated carbocycles. The molecule has 38 heavy (non-hydrogen) atoms. The van der Waals surface area contributed by atoms with Crippen LogP contribution in [0.2, 0.25) is 0 Å². The van der Waals surface area contributed by atoms with Gasteiger partial charge in [0, 0.05) is 23.0 Å². The Morgan fingerprint density at radius 3 is 2.16 bits per heavy atom. The zero-order valence-corrected chi connectivity index (χ0v) is 21.5. The van der Waals surface area contributed by atoms with Gasteiger partial charge in [-0.3, -0.25) is 4.72 Å². The summed E-state index contributed by atoms with van der Waals surface area (Å²) in [6.45, 7) is 2.42. The lowest BCUT2D eigenvalue weighted by molar-refractivity contribution is 0.306. The molecule has 0 aliphatic heterocycles. The van der Waals surface area contributed by atoms with Crippen molar-refractivity contribution in [1.82, 2.24) is 9.97 Å². The Bertz CT molecular complexity index is 1610. The molecular formula is C30H26N4O3S. The number of hydrogen-bond acceptors (Lipinski definition) is 6. The highest BCUT2D eigenvalue weighted by Gasteiger charge is 2.13. The molecule has 7 nitrogen and oxygen atoms in total. The number of hydrogen-bond donors (Lipinski definition) is 2. The molecule has 0 aliphatic rings. The maximum Gasteiger partial charge on any atom is 0.261 e. The van der Waals surface area contributed by atoms with Crippen LogP contribution in [0.1, 0.15) is 11.1 Å². The van der Waals surface area contributed by atoms with E-state index in [4.69, 9.17) is 4.74 Å². The largest absolute Gasteiger partial charge is 0.489 e. The third kappa shape index (κ3) is 6.35. The fraction of sp³-hybridized carbons (Fsp3) is 0.0667. The zero-order valence-electron chi connectivity index (χ0n) is 20.7. The first kappa shape index (κ1) is 25.0. The Morgan fingerprint density at radius 1 is 0.763 bits per heavy atom. The smallest absolute Gasteiger partial charge is 0.261 e. The summed E-state index contributed by atoms with van der Waals surface area (Å²) in [4.78, 5) is 8.92. The monoisotopic (exact) mass is 522 g/mol. The third-order valence-corrected chi connectivity index (χ3v) is 7.20. The van der Waals surface area contributed by atoms with E-state index in [9.17, 15) is 8.42 Å². The third-order valence-electron chi connectivity index (χ3n) is 5.81. The number of benzene rings is 4. The molecule has 1 aromatic heterocycles. The van der Waals surface area contributed by atoms with Gasteiger partial charge in [0.1, 0.15) is 24.5 Å². The molecule has 2 N–H and O–H groups in total. The molecule has 0 fully saturated rings. The van der Waals surface area contributed by atoms with Crippen molar-refractivity contribution in [1.29, 1.82) is 0 Å². The first-order chi connectivity index (χ1) is 18.4. The number of rotatable bonds is 9. The quantitative estimate of drug-likeness (QED) is 0.227. The molecule has 5 aromatic rings. The van der Waals surface area contributed by atoms with Crippen LogP contribution in [0.5, 0.6) is 5.75 Å². The van der Waals surface area contributed by atoms with Crippen molar-refractivity contribution in [2.75, 3.05) is 10.0 Å². The van der Waals surface area contributed by atoms with Crippen LogP contribution < -0.4 is 14.8 Å². The van der Waals surface area contributed by atoms with E-state index in [2.05, 4.69) is 20.0 Å². The Balaban J connectivity index is 1.22. The molecule has 0 bridgehead atoms. The van der Waals surface area contributed by atoms with E-state index < -0.39 is 10.0 Å². The lowest BCUT2D eigenvalue weighted by atomic mass is 10.1. The minimum Gasteiger partial charge on any atom is -0.489 e. The molecule has 5 rings (SSSR count). The van der Waals surface area contributed by atoms with E-state index in [1.807, 2.05) is 67.6 Å². The lowest BCUT2D eigenvalue weighted by Crippen LogP contribution is -2.12. The second-order valence-electron chi connectivity index (χ2n) is 8.71. The predicted molar refractivity (Wildman–Crippen MR) is 150 cm³/mol. The van der Waals surface area contributed by atoms with Crippen LogP contribution in [0.3, 0.4) is 0 Å². The van der Waals surface area contributed by atoms with Crippen molar-refractivity contribution in [2.45, 2.75) is 18.4 Å². The van der Waals surface area contributed by atoms with Crippen molar-refractivity contribution >= 4 is 27.2 Å². The highest BCUT2D eigenvalue weighted by atomic mass is 32.2. The summed E-state index contributed by atoms with van der Waals surface area (Å²) >= 11 is 0. The van der Waals surface area contributed by atoms with E-state index in [0.29, 0.717) is 18.1 Å². The minimum absolute atomic E-state index is 0.217. The normalized spacial score (nSPS) is 11.1. The van der Waals surface area contributed by atoms with Gasteiger partial charge in [0.15, 0.2) is 0 Å². The molecule has 0 spiro atoms. The van der Waals surface area contributed by atoms with Crippen molar-refractivity contribution in [3.8, 4) is 17.0 Å². The maximum absolute atomic E-state index is 12.6. The Morgan fingerprint density at radius 2 is 1.45 bits per heavy atom. The number of ether oxygens (including phenoxy) is 1. The van der Waals surface area contributed by atoms with Crippen LogP contribution >= 0.6 is 0 Å². The molecule has 0 atom stereocenters. The SMILES string of the molecule is Cc1ccc(S(=O)(=O)Nc2ccc(Nc3cc(-c4ccc(OCc5ccccc5)cc4)ncn3)cc2)cc1. The second-order valence-corrected chi connectivity index (χ2v) is 10.4. The van der Waals surface area contributed by atoms with Crippen molar-refractivity contribution < 1.29 is 13.2 Å². The zero-order chi connectivity index (χ0) is 26.4. The summed E-state index contributed by atoms with van der Waals surface area (Å²) in [5.74, 6) is 1.40. The summed E-state index contributed by atoms with van der Waals surface area (Å²) < 4.78 is 33.7. The van der Waals surface area contributed by atoms with Crippen LogP contribution in [-0.4, -0.2) is 18.4 Å². The lowest BCUT2D eigenvalue weighted by Gasteiger charge is -2.11. The summed E-state index contributed by atoms with van der Waals surface area (Å²) in [6.07, 6.45) is 1.50. The predicted octanol–water partition coefficient (Wildman–Crippen LogP) is 6.58. The Kier molecular flexibility index (Phi) is 7.33. The first-order valence-electron chi connectivity index (χ1n) is 12.0.